The van der Waals surface area contributed by atoms with Crippen LogP contribution in [0.5, 0.6) is 0 Å². The van der Waals surface area contributed by atoms with Crippen molar-refractivity contribution in [3.05, 3.63) is 35.9 Å². The third kappa shape index (κ3) is 4.00. The Balaban J connectivity index is 1.89. The zero-order valence-corrected chi connectivity index (χ0v) is 16.7. The first-order chi connectivity index (χ1) is 12.9. The van der Waals surface area contributed by atoms with Crippen LogP contribution in [0, 0.1) is 5.92 Å². The normalized spacial score (nSPS) is 20.4. The lowest BCUT2D eigenvalue weighted by molar-refractivity contribution is 0.0256. The van der Waals surface area contributed by atoms with Gasteiger partial charge in [-0.15, -0.1) is 5.10 Å². The van der Waals surface area contributed by atoms with Crippen molar-refractivity contribution in [3.63, 3.8) is 0 Å². The zero-order valence-electron chi connectivity index (χ0n) is 16.7. The molecule has 1 saturated heterocycles. The topological polar surface area (TPSA) is 80.0 Å². The highest BCUT2D eigenvalue weighted by atomic mass is 16.2. The number of tetrazole rings is 1. The third-order valence-corrected chi connectivity index (χ3v) is 5.41. The molecular formula is C19H29N7O. The van der Waals surface area contributed by atoms with Gasteiger partial charge in [0.25, 0.3) is 5.91 Å². The molecule has 0 spiro atoms. The Morgan fingerprint density at radius 1 is 1.30 bits per heavy atom. The van der Waals surface area contributed by atoms with Crippen molar-refractivity contribution in [3.8, 4) is 0 Å². The first-order valence-corrected chi connectivity index (χ1v) is 9.57. The largest absolute Gasteiger partial charge is 0.336 e. The number of aryl methyl sites for hydroxylation is 1. The van der Waals surface area contributed by atoms with E-state index in [1.54, 1.807) is 24.5 Å². The maximum absolute atomic E-state index is 13.0. The highest BCUT2D eigenvalue weighted by Crippen LogP contribution is 2.35. The van der Waals surface area contributed by atoms with Gasteiger partial charge in [0.2, 0.25) is 0 Å². The van der Waals surface area contributed by atoms with Crippen LogP contribution in [0.2, 0.25) is 0 Å². The summed E-state index contributed by atoms with van der Waals surface area (Å²) < 4.78 is 1.92. The van der Waals surface area contributed by atoms with Gasteiger partial charge in [-0.05, 0) is 61.8 Å². The smallest absolute Gasteiger partial charge is 0.254 e. The number of piperidine rings is 1. The van der Waals surface area contributed by atoms with E-state index in [-0.39, 0.29) is 11.4 Å². The van der Waals surface area contributed by atoms with Crippen molar-refractivity contribution >= 4 is 5.91 Å². The fourth-order valence-electron chi connectivity index (χ4n) is 3.70. The average Bonchev–Trinajstić information content (AvgIpc) is 3.15. The number of hydrogen-bond acceptors (Lipinski definition) is 6. The summed E-state index contributed by atoms with van der Waals surface area (Å²) in [6, 6.07) is 3.53. The molecule has 1 atom stereocenters. The van der Waals surface area contributed by atoms with Gasteiger partial charge in [0.05, 0.1) is 0 Å². The van der Waals surface area contributed by atoms with Crippen LogP contribution in [0.3, 0.4) is 0 Å². The number of likely N-dealkylation sites (N-methyl/N-ethyl adjacent to an activating group) is 1. The molecule has 1 aliphatic heterocycles. The summed E-state index contributed by atoms with van der Waals surface area (Å²) in [6.07, 6.45) is 6.15. The number of aromatic nitrogens is 5. The van der Waals surface area contributed by atoms with Gasteiger partial charge in [0.1, 0.15) is 5.54 Å². The van der Waals surface area contributed by atoms with Crippen LogP contribution in [-0.4, -0.2) is 68.1 Å². The number of pyridine rings is 1. The number of carbonyl (C=O) groups excluding carboxylic acids is 1. The monoisotopic (exact) mass is 371 g/mol. The van der Waals surface area contributed by atoms with Gasteiger partial charge in [-0.2, -0.15) is 0 Å². The zero-order chi connectivity index (χ0) is 19.4. The van der Waals surface area contributed by atoms with Gasteiger partial charge in [0, 0.05) is 37.6 Å². The van der Waals surface area contributed by atoms with Gasteiger partial charge in [-0.1, -0.05) is 13.8 Å². The highest BCUT2D eigenvalue weighted by Gasteiger charge is 2.44. The standard InChI is InChI=1S/C19H29N7O/c1-15(2)8-13-26-18(21-22-23-26)19(24(3)4)9-5-12-25(14-19)17(27)16-6-10-20-11-7-16/h6-7,10-11,15H,5,8-9,12-14H2,1-4H3. The van der Waals surface area contributed by atoms with Crippen molar-refractivity contribution < 1.29 is 4.79 Å². The molecule has 3 heterocycles. The summed E-state index contributed by atoms with van der Waals surface area (Å²) in [5, 5.41) is 12.6. The lowest BCUT2D eigenvalue weighted by atomic mass is 9.86. The SMILES string of the molecule is CC(C)CCn1nnnc1C1(N(C)C)CCCN(C(=O)c2ccncc2)C1. The van der Waals surface area contributed by atoms with Crippen molar-refractivity contribution in [1.82, 2.24) is 35.0 Å². The molecule has 0 aliphatic carbocycles. The molecule has 0 saturated carbocycles. The number of amides is 1. The molecule has 0 N–H and O–H groups in total. The van der Waals surface area contributed by atoms with Crippen LogP contribution in [0.1, 0.15) is 49.3 Å². The molecule has 8 nitrogen and oxygen atoms in total. The maximum Gasteiger partial charge on any atom is 0.254 e. The van der Waals surface area contributed by atoms with Crippen LogP contribution in [0.4, 0.5) is 0 Å². The molecular weight excluding hydrogens is 342 g/mol. The molecule has 0 radical (unpaired) electrons. The summed E-state index contributed by atoms with van der Waals surface area (Å²) >= 11 is 0. The number of carbonyl (C=O) groups is 1. The Morgan fingerprint density at radius 3 is 2.70 bits per heavy atom. The van der Waals surface area contributed by atoms with Crippen LogP contribution in [0.25, 0.3) is 0 Å². The predicted octanol–water partition coefficient (Wildman–Crippen LogP) is 1.81. The molecule has 8 heteroatoms. The summed E-state index contributed by atoms with van der Waals surface area (Å²) in [4.78, 5) is 21.1. The Bertz CT molecular complexity index is 758. The Kier molecular flexibility index (Phi) is 5.84. The van der Waals surface area contributed by atoms with Crippen LogP contribution < -0.4 is 0 Å². The van der Waals surface area contributed by atoms with Gasteiger partial charge >= 0.3 is 0 Å². The number of nitrogens with zero attached hydrogens (tertiary/aromatic N) is 7. The molecule has 1 aliphatic rings. The fourth-order valence-corrected chi connectivity index (χ4v) is 3.70. The Labute approximate surface area is 160 Å². The second-order valence-corrected chi connectivity index (χ2v) is 7.90. The van der Waals surface area contributed by atoms with E-state index >= 15 is 0 Å². The van der Waals surface area contributed by atoms with Crippen LogP contribution in [-0.2, 0) is 12.1 Å². The molecule has 0 bridgehead atoms. The Morgan fingerprint density at radius 2 is 2.04 bits per heavy atom. The minimum Gasteiger partial charge on any atom is -0.336 e. The van der Waals surface area contributed by atoms with Crippen molar-refractivity contribution in [2.24, 2.45) is 5.92 Å². The molecule has 2 aromatic heterocycles. The minimum atomic E-state index is -0.387. The summed E-state index contributed by atoms with van der Waals surface area (Å²) in [5.74, 6) is 1.46. The molecule has 0 aromatic carbocycles. The maximum atomic E-state index is 13.0. The van der Waals surface area contributed by atoms with E-state index in [4.69, 9.17) is 0 Å². The fraction of sp³-hybridized carbons (Fsp3) is 0.632. The van der Waals surface area contributed by atoms with E-state index in [2.05, 4.69) is 39.3 Å². The van der Waals surface area contributed by atoms with Crippen molar-refractivity contribution in [1.29, 1.82) is 0 Å². The van der Waals surface area contributed by atoms with Gasteiger partial charge in [0.15, 0.2) is 5.82 Å². The van der Waals surface area contributed by atoms with E-state index in [1.807, 2.05) is 23.7 Å². The lowest BCUT2D eigenvalue weighted by Gasteiger charge is -2.45. The predicted molar refractivity (Wildman–Crippen MR) is 102 cm³/mol. The quantitative estimate of drug-likeness (QED) is 0.770. The molecule has 1 unspecified atom stereocenters. The summed E-state index contributed by atoms with van der Waals surface area (Å²) in [7, 11) is 4.09. The number of hydrogen-bond donors (Lipinski definition) is 0. The first kappa shape index (κ1) is 19.4. The summed E-state index contributed by atoms with van der Waals surface area (Å²) in [6.45, 7) is 6.49. The number of rotatable bonds is 6. The second kappa shape index (κ2) is 8.12. The van der Waals surface area contributed by atoms with E-state index in [9.17, 15) is 4.79 Å². The lowest BCUT2D eigenvalue weighted by Crippen LogP contribution is -2.56. The van der Waals surface area contributed by atoms with Gasteiger partial charge < -0.3 is 4.90 Å². The van der Waals surface area contributed by atoms with E-state index in [1.165, 1.54) is 0 Å². The van der Waals surface area contributed by atoms with Crippen LogP contribution in [0.15, 0.2) is 24.5 Å². The molecule has 1 amide bonds. The third-order valence-electron chi connectivity index (χ3n) is 5.41. The van der Waals surface area contributed by atoms with E-state index < -0.39 is 0 Å². The molecule has 146 valence electrons. The highest BCUT2D eigenvalue weighted by molar-refractivity contribution is 5.94. The molecule has 2 aromatic rings. The molecule has 1 fully saturated rings. The first-order valence-electron chi connectivity index (χ1n) is 9.57. The average molecular weight is 371 g/mol. The Hall–Kier alpha value is -2.35. The molecule has 3 rings (SSSR count). The second-order valence-electron chi connectivity index (χ2n) is 7.90. The minimum absolute atomic E-state index is 0.0320. The van der Waals surface area contributed by atoms with Crippen molar-refractivity contribution in [2.45, 2.75) is 45.2 Å². The van der Waals surface area contributed by atoms with E-state index in [0.29, 0.717) is 18.0 Å². The summed E-state index contributed by atoms with van der Waals surface area (Å²) in [5.41, 5.74) is 0.278. The van der Waals surface area contributed by atoms with Crippen LogP contribution >= 0.6 is 0 Å². The van der Waals surface area contributed by atoms with Crippen molar-refractivity contribution in [2.75, 3.05) is 27.2 Å². The van der Waals surface area contributed by atoms with Gasteiger partial charge in [-0.3, -0.25) is 14.7 Å². The van der Waals surface area contributed by atoms with E-state index in [0.717, 1.165) is 38.2 Å². The van der Waals surface area contributed by atoms with Gasteiger partial charge in [-0.25, -0.2) is 4.68 Å². The number of likely N-dealkylation sites (tertiary alicyclic amines) is 1. The molecule has 27 heavy (non-hydrogen) atoms.